The summed E-state index contributed by atoms with van der Waals surface area (Å²) in [6.45, 7) is 1.40. The Balaban J connectivity index is 2.04. The Labute approximate surface area is 139 Å². The van der Waals surface area contributed by atoms with Crippen LogP contribution in [0.1, 0.15) is 29.4 Å². The topological polar surface area (TPSA) is 104 Å². The van der Waals surface area contributed by atoms with E-state index in [1.54, 1.807) is 42.5 Å². The molecule has 0 radical (unpaired) electrons. The van der Waals surface area contributed by atoms with Gasteiger partial charge >= 0.3 is 0 Å². The zero-order valence-corrected chi connectivity index (χ0v) is 13.1. The van der Waals surface area contributed by atoms with Crippen LogP contribution in [0.25, 0.3) is 0 Å². The molecule has 1 heterocycles. The minimum absolute atomic E-state index is 0.280. The van der Waals surface area contributed by atoms with Crippen LogP contribution < -0.4 is 15.3 Å². The van der Waals surface area contributed by atoms with Gasteiger partial charge in [-0.15, -0.1) is 0 Å². The number of nitrogens with zero attached hydrogens (tertiary/aromatic N) is 2. The van der Waals surface area contributed by atoms with Gasteiger partial charge in [0.15, 0.2) is 0 Å². The molecule has 0 bridgehead atoms. The van der Waals surface area contributed by atoms with Crippen LogP contribution in [0.2, 0.25) is 0 Å². The Morgan fingerprint density at radius 3 is 2.54 bits per heavy atom. The second-order valence-electron chi connectivity index (χ2n) is 4.75. The molecule has 2 rings (SSSR count). The van der Waals surface area contributed by atoms with Gasteiger partial charge in [-0.1, -0.05) is 13.0 Å². The maximum absolute atomic E-state index is 11.9. The molecule has 1 aromatic carbocycles. The molecular weight excluding hydrogens is 310 g/mol. The summed E-state index contributed by atoms with van der Waals surface area (Å²) >= 11 is 0. The molecule has 1 N–H and O–H groups in total. The lowest BCUT2D eigenvalue weighted by atomic mass is 10.1. The van der Waals surface area contributed by atoms with E-state index in [9.17, 15) is 14.7 Å². The summed E-state index contributed by atoms with van der Waals surface area (Å²) in [5, 5.41) is 14.5. The number of carbonyl (C=O) groups is 2. The second kappa shape index (κ2) is 8.42. The standard InChI is InChI=1S/C17H17N3O4/c1-2-14(19-20-17(23)15-5-3-4-10-18-15)12-6-8-13(9-7-12)24-11-16(21)22/h3-10H,2,11H2,1H3,(H,20,23)(H,21,22)/p-1/b19-14-. The van der Waals surface area contributed by atoms with E-state index in [4.69, 9.17) is 4.74 Å². The third kappa shape index (κ3) is 4.91. The Morgan fingerprint density at radius 1 is 1.21 bits per heavy atom. The Bertz CT molecular complexity index is 727. The Hall–Kier alpha value is -3.22. The molecule has 0 spiro atoms. The van der Waals surface area contributed by atoms with Crippen molar-refractivity contribution in [2.75, 3.05) is 6.61 Å². The quantitative estimate of drug-likeness (QED) is 0.597. The van der Waals surface area contributed by atoms with Gasteiger partial charge in [0.2, 0.25) is 0 Å². The van der Waals surface area contributed by atoms with Crippen molar-refractivity contribution in [3.63, 3.8) is 0 Å². The Kier molecular flexibility index (Phi) is 6.01. The molecule has 0 atom stereocenters. The van der Waals surface area contributed by atoms with Gasteiger partial charge in [-0.2, -0.15) is 5.10 Å². The van der Waals surface area contributed by atoms with Crippen LogP contribution in [0.5, 0.6) is 5.75 Å². The molecule has 1 aromatic heterocycles. The third-order valence-corrected chi connectivity index (χ3v) is 3.07. The van der Waals surface area contributed by atoms with Crippen LogP contribution in [0, 0.1) is 0 Å². The van der Waals surface area contributed by atoms with Crippen LogP contribution in [-0.2, 0) is 4.79 Å². The van der Waals surface area contributed by atoms with Crippen molar-refractivity contribution in [3.8, 4) is 5.75 Å². The molecule has 2 aromatic rings. The van der Waals surface area contributed by atoms with E-state index in [0.29, 0.717) is 17.9 Å². The van der Waals surface area contributed by atoms with Crippen LogP contribution >= 0.6 is 0 Å². The van der Waals surface area contributed by atoms with Gasteiger partial charge in [-0.25, -0.2) is 5.43 Å². The number of aliphatic carboxylic acids is 1. The molecule has 0 aliphatic carbocycles. The predicted molar refractivity (Wildman–Crippen MR) is 85.5 cm³/mol. The van der Waals surface area contributed by atoms with E-state index < -0.39 is 18.5 Å². The van der Waals surface area contributed by atoms with Crippen molar-refractivity contribution in [2.45, 2.75) is 13.3 Å². The van der Waals surface area contributed by atoms with E-state index in [1.165, 1.54) is 6.20 Å². The number of nitrogens with one attached hydrogen (secondary N) is 1. The molecule has 0 unspecified atom stereocenters. The molecule has 1 amide bonds. The van der Waals surface area contributed by atoms with Crippen molar-refractivity contribution in [3.05, 3.63) is 59.9 Å². The van der Waals surface area contributed by atoms with Gasteiger partial charge in [0.25, 0.3) is 5.91 Å². The van der Waals surface area contributed by atoms with Crippen molar-refractivity contribution in [1.29, 1.82) is 0 Å². The minimum Gasteiger partial charge on any atom is -0.546 e. The molecule has 0 aliphatic rings. The molecule has 7 nitrogen and oxygen atoms in total. The highest BCUT2D eigenvalue weighted by atomic mass is 16.5. The number of hydrogen-bond donors (Lipinski definition) is 1. The number of ether oxygens (including phenoxy) is 1. The summed E-state index contributed by atoms with van der Waals surface area (Å²) in [5.74, 6) is -1.27. The van der Waals surface area contributed by atoms with Crippen LogP contribution in [0.3, 0.4) is 0 Å². The molecule has 0 saturated heterocycles. The van der Waals surface area contributed by atoms with Gasteiger partial charge in [-0.3, -0.25) is 9.78 Å². The van der Waals surface area contributed by atoms with Crippen molar-refractivity contribution >= 4 is 17.6 Å². The number of pyridine rings is 1. The van der Waals surface area contributed by atoms with E-state index in [1.807, 2.05) is 6.92 Å². The monoisotopic (exact) mass is 326 g/mol. The highest BCUT2D eigenvalue weighted by molar-refractivity contribution is 6.01. The van der Waals surface area contributed by atoms with E-state index >= 15 is 0 Å². The van der Waals surface area contributed by atoms with Crippen LogP contribution in [-0.4, -0.2) is 29.2 Å². The largest absolute Gasteiger partial charge is 0.546 e. The van der Waals surface area contributed by atoms with E-state index in [-0.39, 0.29) is 5.69 Å². The number of hydrazone groups is 1. The number of benzene rings is 1. The molecule has 24 heavy (non-hydrogen) atoms. The summed E-state index contributed by atoms with van der Waals surface area (Å²) in [6, 6.07) is 11.8. The molecule has 0 saturated carbocycles. The highest BCUT2D eigenvalue weighted by Gasteiger charge is 2.07. The number of amides is 1. The van der Waals surface area contributed by atoms with Gasteiger partial charge < -0.3 is 14.6 Å². The first-order valence-electron chi connectivity index (χ1n) is 7.31. The summed E-state index contributed by atoms with van der Waals surface area (Å²) in [7, 11) is 0. The number of rotatable bonds is 7. The lowest BCUT2D eigenvalue weighted by Gasteiger charge is -2.08. The van der Waals surface area contributed by atoms with Gasteiger partial charge in [0.05, 0.1) is 11.7 Å². The van der Waals surface area contributed by atoms with Crippen molar-refractivity contribution in [2.24, 2.45) is 5.10 Å². The Morgan fingerprint density at radius 2 is 1.96 bits per heavy atom. The maximum atomic E-state index is 11.9. The third-order valence-electron chi connectivity index (χ3n) is 3.07. The van der Waals surface area contributed by atoms with Crippen molar-refractivity contribution < 1.29 is 19.4 Å². The summed E-state index contributed by atoms with van der Waals surface area (Å²) in [6.07, 6.45) is 2.13. The number of hydrogen-bond acceptors (Lipinski definition) is 6. The SMILES string of the molecule is CC/C(=N/NC(=O)c1ccccn1)c1ccc(OCC(=O)[O-])cc1. The molecule has 7 heteroatoms. The smallest absolute Gasteiger partial charge is 0.289 e. The van der Waals surface area contributed by atoms with Crippen LogP contribution in [0.4, 0.5) is 0 Å². The lowest BCUT2D eigenvalue weighted by Crippen LogP contribution is -2.28. The summed E-state index contributed by atoms with van der Waals surface area (Å²) < 4.78 is 5.01. The first-order valence-corrected chi connectivity index (χ1v) is 7.31. The molecule has 124 valence electrons. The fraction of sp³-hybridized carbons (Fsp3) is 0.176. The number of carboxylic acids is 1. The van der Waals surface area contributed by atoms with E-state index in [0.717, 1.165) is 5.56 Å². The first-order chi connectivity index (χ1) is 11.6. The highest BCUT2D eigenvalue weighted by Crippen LogP contribution is 2.13. The number of carboxylic acid groups (broad SMARTS) is 1. The van der Waals surface area contributed by atoms with E-state index in [2.05, 4.69) is 15.5 Å². The van der Waals surface area contributed by atoms with Gasteiger partial charge in [0, 0.05) is 6.20 Å². The zero-order valence-electron chi connectivity index (χ0n) is 13.1. The number of aromatic nitrogens is 1. The van der Waals surface area contributed by atoms with Crippen molar-refractivity contribution in [1.82, 2.24) is 10.4 Å². The lowest BCUT2D eigenvalue weighted by molar-refractivity contribution is -0.307. The van der Waals surface area contributed by atoms with Gasteiger partial charge in [0.1, 0.15) is 18.1 Å². The zero-order chi connectivity index (χ0) is 17.4. The maximum Gasteiger partial charge on any atom is 0.289 e. The average molecular weight is 326 g/mol. The molecular formula is C17H16N3O4-. The fourth-order valence-electron chi connectivity index (χ4n) is 1.91. The number of carbonyl (C=O) groups excluding carboxylic acids is 2. The van der Waals surface area contributed by atoms with Crippen LogP contribution in [0.15, 0.2) is 53.8 Å². The minimum atomic E-state index is -1.29. The molecule has 0 fully saturated rings. The second-order valence-corrected chi connectivity index (χ2v) is 4.75. The summed E-state index contributed by atoms with van der Waals surface area (Å²) in [4.78, 5) is 26.2. The first kappa shape index (κ1) is 17.1. The average Bonchev–Trinajstić information content (AvgIpc) is 2.62. The van der Waals surface area contributed by atoms with Gasteiger partial charge in [-0.05, 0) is 48.4 Å². The fourth-order valence-corrected chi connectivity index (χ4v) is 1.91. The summed E-state index contributed by atoms with van der Waals surface area (Å²) in [5.41, 5.74) is 4.22. The normalized spacial score (nSPS) is 11.0. The predicted octanol–water partition coefficient (Wildman–Crippen LogP) is 0.754. The molecule has 0 aliphatic heterocycles.